The Morgan fingerprint density at radius 2 is 2.12 bits per heavy atom. The summed E-state index contributed by atoms with van der Waals surface area (Å²) in [6, 6.07) is 0. The molecule has 5 heteroatoms. The molecule has 0 aliphatic carbocycles. The molecule has 0 saturated carbocycles. The van der Waals surface area contributed by atoms with Crippen molar-refractivity contribution in [2.45, 2.75) is 32.2 Å². The molecule has 0 radical (unpaired) electrons. The van der Waals surface area contributed by atoms with Gasteiger partial charge in [0.05, 0.1) is 13.2 Å². The van der Waals surface area contributed by atoms with Crippen LogP contribution in [0.25, 0.3) is 0 Å². The van der Waals surface area contributed by atoms with Gasteiger partial charge in [-0.1, -0.05) is 13.3 Å². The molecule has 0 aliphatic rings. The Morgan fingerprint density at radius 1 is 1.44 bits per heavy atom. The van der Waals surface area contributed by atoms with Crippen molar-refractivity contribution >= 4 is 5.97 Å². The molecule has 0 bridgehead atoms. The number of nitrogens with one attached hydrogen (secondary N) is 1. The molecule has 0 aromatic rings. The second kappa shape index (κ2) is 8.50. The summed E-state index contributed by atoms with van der Waals surface area (Å²) in [6.07, 6.45) is 2.14. The third-order valence-electron chi connectivity index (χ3n) is 2.31. The lowest BCUT2D eigenvalue weighted by Gasteiger charge is -2.25. The number of carboxylic acids is 1. The fraction of sp³-hybridized carbons (Fsp3) is 0.909. The Kier molecular flexibility index (Phi) is 8.15. The van der Waals surface area contributed by atoms with Crippen molar-refractivity contribution in [1.29, 1.82) is 0 Å². The number of unbranched alkanes of at least 4 members (excludes halogenated alkanes) is 1. The zero-order valence-electron chi connectivity index (χ0n) is 10.4. The highest BCUT2D eigenvalue weighted by Gasteiger charge is 2.32. The molecule has 16 heavy (non-hydrogen) atoms. The van der Waals surface area contributed by atoms with E-state index in [1.165, 1.54) is 7.11 Å². The number of ether oxygens (including phenoxy) is 2. The molecular weight excluding hydrogens is 210 g/mol. The van der Waals surface area contributed by atoms with E-state index in [1.807, 2.05) is 0 Å². The molecule has 0 aromatic carbocycles. The molecule has 1 unspecified atom stereocenters. The molecule has 0 rings (SSSR count). The number of carbonyl (C=O) groups is 1. The van der Waals surface area contributed by atoms with E-state index in [2.05, 4.69) is 12.2 Å². The van der Waals surface area contributed by atoms with Crippen LogP contribution in [-0.2, 0) is 14.3 Å². The van der Waals surface area contributed by atoms with Crippen molar-refractivity contribution in [2.75, 3.05) is 33.5 Å². The van der Waals surface area contributed by atoms with Crippen LogP contribution in [0.2, 0.25) is 0 Å². The topological polar surface area (TPSA) is 67.8 Å². The van der Waals surface area contributed by atoms with Crippen LogP contribution in [0.4, 0.5) is 0 Å². The number of aliphatic carboxylic acids is 1. The summed E-state index contributed by atoms with van der Waals surface area (Å²) in [4.78, 5) is 11.0. The number of methoxy groups -OCH3 is 1. The first kappa shape index (κ1) is 15.3. The average Bonchev–Trinajstić information content (AvgIpc) is 2.23. The molecule has 0 amide bonds. The summed E-state index contributed by atoms with van der Waals surface area (Å²) >= 11 is 0. The van der Waals surface area contributed by atoms with Gasteiger partial charge in [0, 0.05) is 20.3 Å². The molecule has 0 saturated heterocycles. The minimum atomic E-state index is -1.04. The smallest absolute Gasteiger partial charge is 0.326 e. The van der Waals surface area contributed by atoms with Crippen molar-refractivity contribution in [3.05, 3.63) is 0 Å². The maximum absolute atomic E-state index is 11.0. The zero-order chi connectivity index (χ0) is 12.4. The van der Waals surface area contributed by atoms with Crippen LogP contribution in [-0.4, -0.2) is 50.1 Å². The number of hydrogen-bond acceptors (Lipinski definition) is 4. The largest absolute Gasteiger partial charge is 0.480 e. The summed E-state index contributed by atoms with van der Waals surface area (Å²) < 4.78 is 10.2. The molecule has 0 aromatic heterocycles. The molecule has 96 valence electrons. The summed E-state index contributed by atoms with van der Waals surface area (Å²) in [6.45, 7) is 5.60. The van der Waals surface area contributed by atoms with Crippen molar-refractivity contribution < 1.29 is 19.4 Å². The molecule has 0 fully saturated rings. The van der Waals surface area contributed by atoms with Gasteiger partial charge in [0.15, 0.2) is 0 Å². The Bertz CT molecular complexity index is 198. The zero-order valence-corrected chi connectivity index (χ0v) is 10.4. The van der Waals surface area contributed by atoms with Crippen LogP contribution in [0.3, 0.4) is 0 Å². The molecule has 5 nitrogen and oxygen atoms in total. The second-order valence-electron chi connectivity index (χ2n) is 3.96. The van der Waals surface area contributed by atoms with E-state index in [4.69, 9.17) is 14.6 Å². The first-order chi connectivity index (χ1) is 7.56. The van der Waals surface area contributed by atoms with E-state index >= 15 is 0 Å². The Labute approximate surface area is 97.1 Å². The lowest BCUT2D eigenvalue weighted by atomic mass is 10.0. The Hall–Kier alpha value is -0.650. The minimum Gasteiger partial charge on any atom is -0.480 e. The summed E-state index contributed by atoms with van der Waals surface area (Å²) in [5.41, 5.74) is -1.04. The third kappa shape index (κ3) is 6.05. The van der Waals surface area contributed by atoms with Crippen LogP contribution in [0, 0.1) is 0 Å². The highest BCUT2D eigenvalue weighted by atomic mass is 16.5. The van der Waals surface area contributed by atoms with Gasteiger partial charge in [0.1, 0.15) is 5.54 Å². The normalized spacial score (nSPS) is 14.7. The quantitative estimate of drug-likeness (QED) is 0.548. The van der Waals surface area contributed by atoms with Crippen molar-refractivity contribution in [3.8, 4) is 0 Å². The van der Waals surface area contributed by atoms with Gasteiger partial charge in [-0.15, -0.1) is 0 Å². The summed E-state index contributed by atoms with van der Waals surface area (Å²) in [7, 11) is 1.49. The minimum absolute atomic E-state index is 0.136. The van der Waals surface area contributed by atoms with E-state index in [0.29, 0.717) is 13.2 Å². The molecule has 1 atom stereocenters. The third-order valence-corrected chi connectivity index (χ3v) is 2.31. The lowest BCUT2D eigenvalue weighted by molar-refractivity contribution is -0.146. The number of hydrogen-bond donors (Lipinski definition) is 2. The predicted molar refractivity (Wildman–Crippen MR) is 61.6 cm³/mol. The standard InChI is InChI=1S/C11H23NO4/c1-4-5-7-16-8-6-12-11(2,9-15-3)10(13)14/h12H,4-9H2,1-3H3,(H,13,14). The first-order valence-corrected chi connectivity index (χ1v) is 5.62. The summed E-state index contributed by atoms with van der Waals surface area (Å²) in [5, 5.41) is 11.9. The average molecular weight is 233 g/mol. The van der Waals surface area contributed by atoms with Crippen LogP contribution in [0.15, 0.2) is 0 Å². The van der Waals surface area contributed by atoms with E-state index < -0.39 is 11.5 Å². The molecular formula is C11H23NO4. The van der Waals surface area contributed by atoms with Gasteiger partial charge in [-0.05, 0) is 13.3 Å². The van der Waals surface area contributed by atoms with Gasteiger partial charge in [0.25, 0.3) is 0 Å². The Balaban J connectivity index is 3.73. The summed E-state index contributed by atoms with van der Waals surface area (Å²) in [5.74, 6) is -0.914. The van der Waals surface area contributed by atoms with Gasteiger partial charge in [-0.25, -0.2) is 0 Å². The SMILES string of the molecule is CCCCOCCNC(C)(COC)C(=O)O. The monoisotopic (exact) mass is 233 g/mol. The second-order valence-corrected chi connectivity index (χ2v) is 3.96. The first-order valence-electron chi connectivity index (χ1n) is 5.62. The van der Waals surface area contributed by atoms with Gasteiger partial charge >= 0.3 is 5.97 Å². The van der Waals surface area contributed by atoms with Crippen LogP contribution in [0.5, 0.6) is 0 Å². The van der Waals surface area contributed by atoms with Gasteiger partial charge < -0.3 is 14.6 Å². The number of rotatable bonds is 10. The van der Waals surface area contributed by atoms with Crippen molar-refractivity contribution in [3.63, 3.8) is 0 Å². The van der Waals surface area contributed by atoms with Crippen LogP contribution in [0.1, 0.15) is 26.7 Å². The van der Waals surface area contributed by atoms with E-state index in [-0.39, 0.29) is 6.61 Å². The molecule has 0 aliphatic heterocycles. The lowest BCUT2D eigenvalue weighted by Crippen LogP contribution is -2.53. The molecule has 2 N–H and O–H groups in total. The van der Waals surface area contributed by atoms with Crippen LogP contribution >= 0.6 is 0 Å². The highest BCUT2D eigenvalue weighted by molar-refractivity contribution is 5.78. The molecule has 0 heterocycles. The van der Waals surface area contributed by atoms with E-state index in [1.54, 1.807) is 6.92 Å². The van der Waals surface area contributed by atoms with Crippen LogP contribution < -0.4 is 5.32 Å². The van der Waals surface area contributed by atoms with Gasteiger partial charge in [-0.2, -0.15) is 0 Å². The van der Waals surface area contributed by atoms with Gasteiger partial charge in [-0.3, -0.25) is 10.1 Å². The highest BCUT2D eigenvalue weighted by Crippen LogP contribution is 2.03. The van der Waals surface area contributed by atoms with E-state index in [0.717, 1.165) is 19.4 Å². The Morgan fingerprint density at radius 3 is 2.62 bits per heavy atom. The van der Waals surface area contributed by atoms with Crippen molar-refractivity contribution in [1.82, 2.24) is 5.32 Å². The molecule has 0 spiro atoms. The maximum Gasteiger partial charge on any atom is 0.326 e. The van der Waals surface area contributed by atoms with Crippen molar-refractivity contribution in [2.24, 2.45) is 0 Å². The predicted octanol–water partition coefficient (Wildman–Crippen LogP) is 0.882. The number of carboxylic acid groups (broad SMARTS) is 1. The van der Waals surface area contributed by atoms with Gasteiger partial charge in [0.2, 0.25) is 0 Å². The van der Waals surface area contributed by atoms with E-state index in [9.17, 15) is 4.79 Å². The fourth-order valence-corrected chi connectivity index (χ4v) is 1.22. The maximum atomic E-state index is 11.0. The fourth-order valence-electron chi connectivity index (χ4n) is 1.22.